The van der Waals surface area contributed by atoms with Crippen molar-refractivity contribution >= 4 is 0 Å². The third-order valence-corrected chi connectivity index (χ3v) is 2.95. The smallest absolute Gasteiger partial charge is 0.123 e. The van der Waals surface area contributed by atoms with E-state index < -0.39 is 0 Å². The number of ether oxygens (including phenoxy) is 2. The summed E-state index contributed by atoms with van der Waals surface area (Å²) in [6.07, 6.45) is 0. The summed E-state index contributed by atoms with van der Waals surface area (Å²) in [5.41, 5.74) is 8.27. The minimum absolute atomic E-state index is 0.202. The van der Waals surface area contributed by atoms with Crippen molar-refractivity contribution in [2.45, 2.75) is 6.04 Å². The topological polar surface area (TPSA) is 44.5 Å². The summed E-state index contributed by atoms with van der Waals surface area (Å²) in [6, 6.07) is 15.3. The fourth-order valence-electron chi connectivity index (χ4n) is 1.91. The quantitative estimate of drug-likeness (QED) is 0.898. The van der Waals surface area contributed by atoms with Gasteiger partial charge in [0, 0.05) is 5.56 Å². The van der Waals surface area contributed by atoms with E-state index in [1.807, 2.05) is 48.5 Å². The van der Waals surface area contributed by atoms with Crippen LogP contribution in [0.5, 0.6) is 11.5 Å². The molecule has 2 N–H and O–H groups in total. The number of methoxy groups -OCH3 is 2. The minimum atomic E-state index is -0.202. The van der Waals surface area contributed by atoms with Crippen LogP contribution >= 0.6 is 0 Å². The lowest BCUT2D eigenvalue weighted by Crippen LogP contribution is -2.12. The second kappa shape index (κ2) is 5.56. The predicted molar refractivity (Wildman–Crippen MR) is 72.0 cm³/mol. The number of hydrogen-bond donors (Lipinski definition) is 1. The molecule has 18 heavy (non-hydrogen) atoms. The third-order valence-electron chi connectivity index (χ3n) is 2.95. The van der Waals surface area contributed by atoms with Gasteiger partial charge in [0.2, 0.25) is 0 Å². The van der Waals surface area contributed by atoms with Crippen LogP contribution in [0.25, 0.3) is 0 Å². The summed E-state index contributed by atoms with van der Waals surface area (Å²) < 4.78 is 10.5. The Labute approximate surface area is 107 Å². The lowest BCUT2D eigenvalue weighted by molar-refractivity contribution is 0.407. The lowest BCUT2D eigenvalue weighted by Gasteiger charge is -2.16. The highest BCUT2D eigenvalue weighted by Gasteiger charge is 2.13. The molecule has 2 aromatic rings. The molecule has 0 bridgehead atoms. The van der Waals surface area contributed by atoms with Crippen molar-refractivity contribution in [3.8, 4) is 11.5 Å². The van der Waals surface area contributed by atoms with Crippen molar-refractivity contribution in [1.29, 1.82) is 0 Å². The van der Waals surface area contributed by atoms with Crippen molar-refractivity contribution in [1.82, 2.24) is 0 Å². The monoisotopic (exact) mass is 243 g/mol. The summed E-state index contributed by atoms with van der Waals surface area (Å²) in [5, 5.41) is 0. The molecular formula is C15H17NO2. The van der Waals surface area contributed by atoms with Gasteiger partial charge >= 0.3 is 0 Å². The highest BCUT2D eigenvalue weighted by molar-refractivity contribution is 5.42. The third kappa shape index (κ3) is 2.46. The summed E-state index contributed by atoms with van der Waals surface area (Å²) in [7, 11) is 3.30. The minimum Gasteiger partial charge on any atom is -0.497 e. The van der Waals surface area contributed by atoms with Crippen LogP contribution < -0.4 is 15.2 Å². The summed E-state index contributed by atoms with van der Waals surface area (Å²) in [4.78, 5) is 0. The predicted octanol–water partition coefficient (Wildman–Crippen LogP) is 2.75. The first kappa shape index (κ1) is 12.5. The molecule has 0 aliphatic heterocycles. The Morgan fingerprint density at radius 1 is 0.889 bits per heavy atom. The first-order chi connectivity index (χ1) is 8.76. The van der Waals surface area contributed by atoms with Crippen LogP contribution in [0.2, 0.25) is 0 Å². The molecule has 0 heterocycles. The summed E-state index contributed by atoms with van der Waals surface area (Å²) in [6.45, 7) is 0. The molecule has 1 unspecified atom stereocenters. The van der Waals surface area contributed by atoms with E-state index in [0.717, 1.165) is 22.6 Å². The maximum Gasteiger partial charge on any atom is 0.123 e. The molecule has 0 aliphatic carbocycles. The zero-order valence-corrected chi connectivity index (χ0v) is 10.6. The van der Waals surface area contributed by atoms with Crippen molar-refractivity contribution in [3.63, 3.8) is 0 Å². The van der Waals surface area contributed by atoms with E-state index >= 15 is 0 Å². The molecule has 0 fully saturated rings. The molecule has 94 valence electrons. The number of benzene rings is 2. The van der Waals surface area contributed by atoms with Crippen LogP contribution in [0.15, 0.2) is 48.5 Å². The van der Waals surface area contributed by atoms with E-state index in [-0.39, 0.29) is 6.04 Å². The maximum absolute atomic E-state index is 6.26. The standard InChI is InChI=1S/C15H17NO2/c1-17-12-9-7-11(8-10-12)15(16)13-5-3-4-6-14(13)18-2/h3-10,15H,16H2,1-2H3. The highest BCUT2D eigenvalue weighted by Crippen LogP contribution is 2.28. The molecule has 0 saturated carbocycles. The summed E-state index contributed by atoms with van der Waals surface area (Å²) >= 11 is 0. The fourth-order valence-corrected chi connectivity index (χ4v) is 1.91. The van der Waals surface area contributed by atoms with Gasteiger partial charge < -0.3 is 15.2 Å². The molecule has 0 radical (unpaired) electrons. The van der Waals surface area contributed by atoms with Crippen molar-refractivity contribution in [2.24, 2.45) is 5.73 Å². The Balaban J connectivity index is 2.31. The molecule has 3 nitrogen and oxygen atoms in total. The zero-order chi connectivity index (χ0) is 13.0. The molecule has 3 heteroatoms. The SMILES string of the molecule is COc1ccc(C(N)c2ccccc2OC)cc1. The molecule has 0 spiro atoms. The zero-order valence-electron chi connectivity index (χ0n) is 10.6. The number of nitrogens with two attached hydrogens (primary N) is 1. The second-order valence-corrected chi connectivity index (χ2v) is 3.99. The van der Waals surface area contributed by atoms with E-state index in [2.05, 4.69) is 0 Å². The Morgan fingerprint density at radius 2 is 1.56 bits per heavy atom. The average molecular weight is 243 g/mol. The van der Waals surface area contributed by atoms with Crippen LogP contribution in [0.3, 0.4) is 0 Å². The van der Waals surface area contributed by atoms with Gasteiger partial charge in [-0.25, -0.2) is 0 Å². The van der Waals surface area contributed by atoms with Gasteiger partial charge in [-0.05, 0) is 23.8 Å². The maximum atomic E-state index is 6.26. The largest absolute Gasteiger partial charge is 0.497 e. The fraction of sp³-hybridized carbons (Fsp3) is 0.200. The molecule has 2 aromatic carbocycles. The van der Waals surface area contributed by atoms with Gasteiger partial charge in [0.1, 0.15) is 11.5 Å². The normalized spacial score (nSPS) is 11.9. The number of rotatable bonds is 4. The van der Waals surface area contributed by atoms with Crippen LogP contribution in [-0.4, -0.2) is 14.2 Å². The second-order valence-electron chi connectivity index (χ2n) is 3.99. The van der Waals surface area contributed by atoms with Gasteiger partial charge in [0.05, 0.1) is 20.3 Å². The molecule has 0 amide bonds. The van der Waals surface area contributed by atoms with Crippen molar-refractivity contribution < 1.29 is 9.47 Å². The Bertz CT molecular complexity index is 508. The molecule has 0 aliphatic rings. The average Bonchev–Trinajstić information content (AvgIpc) is 2.46. The Hall–Kier alpha value is -2.00. The van der Waals surface area contributed by atoms with Crippen molar-refractivity contribution in [2.75, 3.05) is 14.2 Å². The molecule has 0 aromatic heterocycles. The van der Waals surface area contributed by atoms with Crippen LogP contribution in [0, 0.1) is 0 Å². The van der Waals surface area contributed by atoms with Crippen LogP contribution in [0.1, 0.15) is 17.2 Å². The van der Waals surface area contributed by atoms with E-state index in [0.29, 0.717) is 0 Å². The Morgan fingerprint density at radius 3 is 2.17 bits per heavy atom. The summed E-state index contributed by atoms with van der Waals surface area (Å²) in [5.74, 6) is 1.63. The highest BCUT2D eigenvalue weighted by atomic mass is 16.5. The van der Waals surface area contributed by atoms with E-state index in [1.54, 1.807) is 14.2 Å². The van der Waals surface area contributed by atoms with E-state index in [9.17, 15) is 0 Å². The first-order valence-electron chi connectivity index (χ1n) is 5.78. The van der Waals surface area contributed by atoms with Crippen molar-refractivity contribution in [3.05, 3.63) is 59.7 Å². The Kier molecular flexibility index (Phi) is 3.85. The van der Waals surface area contributed by atoms with Gasteiger partial charge in [-0.1, -0.05) is 30.3 Å². The van der Waals surface area contributed by atoms with Crippen LogP contribution in [-0.2, 0) is 0 Å². The van der Waals surface area contributed by atoms with Gasteiger partial charge in [0.15, 0.2) is 0 Å². The van der Waals surface area contributed by atoms with E-state index in [4.69, 9.17) is 15.2 Å². The van der Waals surface area contributed by atoms with Gasteiger partial charge in [0.25, 0.3) is 0 Å². The van der Waals surface area contributed by atoms with Gasteiger partial charge in [-0.15, -0.1) is 0 Å². The number of para-hydroxylation sites is 1. The van der Waals surface area contributed by atoms with Crippen LogP contribution in [0.4, 0.5) is 0 Å². The number of hydrogen-bond acceptors (Lipinski definition) is 3. The molecule has 1 atom stereocenters. The molecule has 0 saturated heterocycles. The van der Waals surface area contributed by atoms with Gasteiger partial charge in [-0.3, -0.25) is 0 Å². The lowest BCUT2D eigenvalue weighted by atomic mass is 9.99. The molecule has 2 rings (SSSR count). The molecular weight excluding hydrogens is 226 g/mol. The van der Waals surface area contributed by atoms with Gasteiger partial charge in [-0.2, -0.15) is 0 Å². The first-order valence-corrected chi connectivity index (χ1v) is 5.78. The van der Waals surface area contributed by atoms with E-state index in [1.165, 1.54) is 0 Å².